The maximum absolute atomic E-state index is 10.8. The number of carbonyl (C=O) groups is 1. The van der Waals surface area contributed by atoms with Crippen LogP contribution in [0.4, 0.5) is 0 Å². The summed E-state index contributed by atoms with van der Waals surface area (Å²) in [5.41, 5.74) is 0. The predicted molar refractivity (Wildman–Crippen MR) is 58.7 cm³/mol. The van der Waals surface area contributed by atoms with Gasteiger partial charge in [-0.05, 0) is 38.3 Å². The van der Waals surface area contributed by atoms with Crippen LogP contribution in [0.1, 0.15) is 32.6 Å². The fourth-order valence-corrected chi connectivity index (χ4v) is 1.61. The first-order valence-electron chi connectivity index (χ1n) is 5.19. The summed E-state index contributed by atoms with van der Waals surface area (Å²) in [6.45, 7) is 4.65. The quantitative estimate of drug-likeness (QED) is 0.736. The summed E-state index contributed by atoms with van der Waals surface area (Å²) in [6.07, 6.45) is 4.03. The molecule has 0 aromatic heterocycles. The standard InChI is InChI=1S/C10H19NO2.ClH/c1-2-10(12)13-7-5-9-4-3-6-11-8-9;/h9,11H,2-8H2,1H3;1H. The molecular weight excluding hydrogens is 202 g/mol. The highest BCUT2D eigenvalue weighted by molar-refractivity contribution is 5.85. The van der Waals surface area contributed by atoms with Crippen molar-refractivity contribution in [2.75, 3.05) is 19.7 Å². The molecule has 0 aliphatic carbocycles. The van der Waals surface area contributed by atoms with Crippen molar-refractivity contribution >= 4 is 18.4 Å². The van der Waals surface area contributed by atoms with E-state index in [1.54, 1.807) is 0 Å². The minimum atomic E-state index is -0.0798. The van der Waals surface area contributed by atoms with Gasteiger partial charge in [0.05, 0.1) is 6.61 Å². The Labute approximate surface area is 92.0 Å². The Morgan fingerprint density at radius 1 is 1.57 bits per heavy atom. The fourth-order valence-electron chi connectivity index (χ4n) is 1.61. The van der Waals surface area contributed by atoms with Crippen LogP contribution in [0.2, 0.25) is 0 Å². The van der Waals surface area contributed by atoms with Gasteiger partial charge < -0.3 is 10.1 Å². The van der Waals surface area contributed by atoms with Crippen molar-refractivity contribution in [1.82, 2.24) is 5.32 Å². The van der Waals surface area contributed by atoms with Gasteiger partial charge in [-0.15, -0.1) is 12.4 Å². The van der Waals surface area contributed by atoms with Crippen LogP contribution in [0.3, 0.4) is 0 Å². The van der Waals surface area contributed by atoms with Crippen molar-refractivity contribution in [3.63, 3.8) is 0 Å². The number of halogens is 1. The molecule has 4 heteroatoms. The Kier molecular flexibility index (Phi) is 7.90. The lowest BCUT2D eigenvalue weighted by molar-refractivity contribution is -0.143. The first kappa shape index (κ1) is 13.7. The molecule has 14 heavy (non-hydrogen) atoms. The number of piperidine rings is 1. The largest absolute Gasteiger partial charge is 0.466 e. The minimum Gasteiger partial charge on any atom is -0.466 e. The predicted octanol–water partition coefficient (Wildman–Crippen LogP) is 1.75. The molecule has 1 saturated heterocycles. The van der Waals surface area contributed by atoms with Gasteiger partial charge in [0, 0.05) is 6.42 Å². The zero-order valence-electron chi connectivity index (χ0n) is 8.75. The number of ether oxygens (including phenoxy) is 1. The number of hydrogen-bond acceptors (Lipinski definition) is 3. The molecule has 84 valence electrons. The molecule has 1 aliphatic heterocycles. The Hall–Kier alpha value is -0.280. The van der Waals surface area contributed by atoms with Crippen molar-refractivity contribution < 1.29 is 9.53 Å². The average Bonchev–Trinajstić information content (AvgIpc) is 2.19. The maximum Gasteiger partial charge on any atom is 0.305 e. The molecule has 1 heterocycles. The smallest absolute Gasteiger partial charge is 0.305 e. The van der Waals surface area contributed by atoms with E-state index in [0.717, 1.165) is 19.5 Å². The lowest BCUT2D eigenvalue weighted by atomic mass is 9.97. The van der Waals surface area contributed by atoms with E-state index < -0.39 is 0 Å². The Balaban J connectivity index is 0.00000169. The lowest BCUT2D eigenvalue weighted by Crippen LogP contribution is -2.30. The van der Waals surface area contributed by atoms with Crippen LogP contribution < -0.4 is 5.32 Å². The third-order valence-corrected chi connectivity index (χ3v) is 2.48. The maximum atomic E-state index is 10.8. The summed E-state index contributed by atoms with van der Waals surface area (Å²) in [7, 11) is 0. The van der Waals surface area contributed by atoms with Gasteiger partial charge in [-0.25, -0.2) is 0 Å². The molecule has 0 aromatic rings. The van der Waals surface area contributed by atoms with Crippen molar-refractivity contribution in [3.8, 4) is 0 Å². The molecular formula is C10H20ClNO2. The normalized spacial score (nSPS) is 21.1. The lowest BCUT2D eigenvalue weighted by Gasteiger charge is -2.22. The van der Waals surface area contributed by atoms with Crippen LogP contribution in [0.15, 0.2) is 0 Å². The Morgan fingerprint density at radius 3 is 2.93 bits per heavy atom. The fraction of sp³-hybridized carbons (Fsp3) is 0.900. The number of nitrogens with one attached hydrogen (secondary N) is 1. The van der Waals surface area contributed by atoms with Gasteiger partial charge in [-0.1, -0.05) is 6.92 Å². The van der Waals surface area contributed by atoms with E-state index in [2.05, 4.69) is 5.32 Å². The summed E-state index contributed by atoms with van der Waals surface area (Å²) in [6, 6.07) is 0. The summed E-state index contributed by atoms with van der Waals surface area (Å²) < 4.78 is 5.03. The molecule has 1 N–H and O–H groups in total. The van der Waals surface area contributed by atoms with E-state index in [-0.39, 0.29) is 18.4 Å². The molecule has 1 rings (SSSR count). The molecule has 1 fully saturated rings. The van der Waals surface area contributed by atoms with Crippen LogP contribution in [0.5, 0.6) is 0 Å². The monoisotopic (exact) mass is 221 g/mol. The highest BCUT2D eigenvalue weighted by Crippen LogP contribution is 2.13. The van der Waals surface area contributed by atoms with Gasteiger partial charge in [0.25, 0.3) is 0 Å². The van der Waals surface area contributed by atoms with Gasteiger partial charge in [0.2, 0.25) is 0 Å². The van der Waals surface area contributed by atoms with Crippen molar-refractivity contribution in [2.45, 2.75) is 32.6 Å². The molecule has 0 aromatic carbocycles. The van der Waals surface area contributed by atoms with E-state index in [1.807, 2.05) is 6.92 Å². The van der Waals surface area contributed by atoms with Gasteiger partial charge >= 0.3 is 5.97 Å². The van der Waals surface area contributed by atoms with Crippen LogP contribution >= 0.6 is 12.4 Å². The van der Waals surface area contributed by atoms with Crippen LogP contribution in [0, 0.1) is 5.92 Å². The third kappa shape index (κ3) is 5.45. The number of rotatable bonds is 4. The van der Waals surface area contributed by atoms with Gasteiger partial charge in [-0.2, -0.15) is 0 Å². The zero-order chi connectivity index (χ0) is 9.52. The summed E-state index contributed by atoms with van der Waals surface area (Å²) in [5, 5.41) is 3.35. The Morgan fingerprint density at radius 2 is 2.36 bits per heavy atom. The molecule has 3 nitrogen and oxygen atoms in total. The van der Waals surface area contributed by atoms with E-state index in [9.17, 15) is 4.79 Å². The second-order valence-corrected chi connectivity index (χ2v) is 3.58. The molecule has 1 atom stereocenters. The first-order chi connectivity index (χ1) is 6.33. The molecule has 0 bridgehead atoms. The van der Waals surface area contributed by atoms with Crippen LogP contribution in [-0.4, -0.2) is 25.7 Å². The molecule has 0 radical (unpaired) electrons. The van der Waals surface area contributed by atoms with Crippen molar-refractivity contribution in [2.24, 2.45) is 5.92 Å². The van der Waals surface area contributed by atoms with Crippen LogP contribution in [0.25, 0.3) is 0 Å². The highest BCUT2D eigenvalue weighted by Gasteiger charge is 2.12. The highest BCUT2D eigenvalue weighted by atomic mass is 35.5. The molecule has 1 unspecified atom stereocenters. The minimum absolute atomic E-state index is 0. The average molecular weight is 222 g/mol. The van der Waals surface area contributed by atoms with Crippen molar-refractivity contribution in [3.05, 3.63) is 0 Å². The van der Waals surface area contributed by atoms with Gasteiger partial charge in [0.1, 0.15) is 0 Å². The zero-order valence-corrected chi connectivity index (χ0v) is 9.57. The summed E-state index contributed by atoms with van der Waals surface area (Å²) in [5.74, 6) is 0.627. The second-order valence-electron chi connectivity index (χ2n) is 3.58. The van der Waals surface area contributed by atoms with Crippen molar-refractivity contribution in [1.29, 1.82) is 0 Å². The number of carbonyl (C=O) groups excluding carboxylic acids is 1. The van der Waals surface area contributed by atoms with E-state index >= 15 is 0 Å². The summed E-state index contributed by atoms with van der Waals surface area (Å²) >= 11 is 0. The summed E-state index contributed by atoms with van der Waals surface area (Å²) in [4.78, 5) is 10.8. The number of hydrogen-bond donors (Lipinski definition) is 1. The SMILES string of the molecule is CCC(=O)OCCC1CCCNC1.Cl. The van der Waals surface area contributed by atoms with Gasteiger partial charge in [-0.3, -0.25) is 4.79 Å². The van der Waals surface area contributed by atoms with Gasteiger partial charge in [0.15, 0.2) is 0 Å². The topological polar surface area (TPSA) is 38.3 Å². The molecule has 1 aliphatic rings. The molecule has 0 spiro atoms. The molecule has 0 saturated carbocycles. The molecule has 0 amide bonds. The number of esters is 1. The van der Waals surface area contributed by atoms with Crippen LogP contribution in [-0.2, 0) is 9.53 Å². The Bertz CT molecular complexity index is 158. The van der Waals surface area contributed by atoms with E-state index in [0.29, 0.717) is 18.9 Å². The first-order valence-corrected chi connectivity index (χ1v) is 5.19. The second kappa shape index (κ2) is 8.06. The van der Waals surface area contributed by atoms with E-state index in [1.165, 1.54) is 12.8 Å². The third-order valence-electron chi connectivity index (χ3n) is 2.48. The van der Waals surface area contributed by atoms with E-state index in [4.69, 9.17) is 4.74 Å².